The van der Waals surface area contributed by atoms with Crippen LogP contribution in [0, 0.1) is 0 Å². The second-order valence-corrected chi connectivity index (χ2v) is 5.13. The molecule has 0 unspecified atom stereocenters. The lowest BCUT2D eigenvalue weighted by Gasteiger charge is -2.35. The summed E-state index contributed by atoms with van der Waals surface area (Å²) in [6.45, 7) is 4.68. The number of piperazine rings is 1. The summed E-state index contributed by atoms with van der Waals surface area (Å²) in [6.07, 6.45) is 5.08. The van der Waals surface area contributed by atoms with Crippen molar-refractivity contribution in [1.82, 2.24) is 35.0 Å². The first kappa shape index (κ1) is 12.3. The number of hydrogen-bond donors (Lipinski definition) is 2. The number of hydrogen-bond acceptors (Lipinski definition) is 6. The SMILES string of the molecule is c1n[nH]c(CN2CCN(c3ncnc4[nH]ccc34)CC2)n1. The average molecular weight is 284 g/mol. The van der Waals surface area contributed by atoms with Gasteiger partial charge in [-0.25, -0.2) is 15.0 Å². The van der Waals surface area contributed by atoms with Crippen molar-refractivity contribution in [2.24, 2.45) is 0 Å². The molecule has 8 nitrogen and oxygen atoms in total. The van der Waals surface area contributed by atoms with Crippen LogP contribution in [0.5, 0.6) is 0 Å². The molecule has 0 aliphatic carbocycles. The van der Waals surface area contributed by atoms with Crippen molar-refractivity contribution in [2.75, 3.05) is 31.1 Å². The van der Waals surface area contributed by atoms with E-state index in [1.165, 1.54) is 0 Å². The maximum Gasteiger partial charge on any atom is 0.142 e. The molecular formula is C13H16N8. The monoisotopic (exact) mass is 284 g/mol. The summed E-state index contributed by atoms with van der Waals surface area (Å²) in [7, 11) is 0. The normalized spacial score (nSPS) is 16.7. The number of H-pyrrole nitrogens is 2. The van der Waals surface area contributed by atoms with E-state index < -0.39 is 0 Å². The van der Waals surface area contributed by atoms with E-state index in [2.05, 4.69) is 39.9 Å². The smallest absolute Gasteiger partial charge is 0.142 e. The Labute approximate surface area is 121 Å². The summed E-state index contributed by atoms with van der Waals surface area (Å²) in [5.74, 6) is 1.93. The largest absolute Gasteiger partial charge is 0.353 e. The van der Waals surface area contributed by atoms with Crippen molar-refractivity contribution in [2.45, 2.75) is 6.54 Å². The molecule has 0 bridgehead atoms. The van der Waals surface area contributed by atoms with Gasteiger partial charge in [0.05, 0.1) is 11.9 Å². The fourth-order valence-corrected chi connectivity index (χ4v) is 2.75. The van der Waals surface area contributed by atoms with Gasteiger partial charge in [-0.15, -0.1) is 0 Å². The van der Waals surface area contributed by atoms with Crippen LogP contribution in [0.3, 0.4) is 0 Å². The fraction of sp³-hybridized carbons (Fsp3) is 0.385. The third-order valence-electron chi connectivity index (χ3n) is 3.84. The van der Waals surface area contributed by atoms with Gasteiger partial charge in [0.2, 0.25) is 0 Å². The van der Waals surface area contributed by atoms with Gasteiger partial charge in [0.25, 0.3) is 0 Å². The molecule has 3 aromatic rings. The summed E-state index contributed by atoms with van der Waals surface area (Å²) in [5, 5.41) is 7.88. The molecule has 2 N–H and O–H groups in total. The molecule has 21 heavy (non-hydrogen) atoms. The van der Waals surface area contributed by atoms with Crippen molar-refractivity contribution in [1.29, 1.82) is 0 Å². The topological polar surface area (TPSA) is 89.6 Å². The van der Waals surface area contributed by atoms with Gasteiger partial charge in [-0.3, -0.25) is 10.00 Å². The maximum atomic E-state index is 4.45. The standard InChI is InChI=1S/C13H16N8/c1-2-14-12-10(1)13(17-8-16-12)21-5-3-20(4-6-21)7-11-15-9-18-19-11/h1-2,8-9H,3-7H2,(H,14,16,17)(H,15,18,19). The zero-order valence-electron chi connectivity index (χ0n) is 11.5. The van der Waals surface area contributed by atoms with Crippen LogP contribution < -0.4 is 4.90 Å². The third kappa shape index (κ3) is 2.33. The first-order chi connectivity index (χ1) is 10.4. The molecule has 1 saturated heterocycles. The van der Waals surface area contributed by atoms with Crippen LogP contribution in [0.25, 0.3) is 11.0 Å². The lowest BCUT2D eigenvalue weighted by molar-refractivity contribution is 0.244. The number of rotatable bonds is 3. The lowest BCUT2D eigenvalue weighted by Crippen LogP contribution is -2.46. The van der Waals surface area contributed by atoms with Crippen molar-refractivity contribution in [3.63, 3.8) is 0 Å². The molecule has 0 spiro atoms. The van der Waals surface area contributed by atoms with Gasteiger partial charge < -0.3 is 9.88 Å². The van der Waals surface area contributed by atoms with Crippen LogP contribution >= 0.6 is 0 Å². The van der Waals surface area contributed by atoms with E-state index in [0.29, 0.717) is 0 Å². The van der Waals surface area contributed by atoms with E-state index in [0.717, 1.165) is 55.4 Å². The van der Waals surface area contributed by atoms with E-state index in [9.17, 15) is 0 Å². The van der Waals surface area contributed by atoms with Gasteiger partial charge in [0.1, 0.15) is 29.9 Å². The second kappa shape index (κ2) is 5.13. The first-order valence-corrected chi connectivity index (χ1v) is 7.00. The van der Waals surface area contributed by atoms with E-state index in [1.807, 2.05) is 12.3 Å². The quantitative estimate of drug-likeness (QED) is 0.723. The molecule has 0 radical (unpaired) electrons. The first-order valence-electron chi connectivity index (χ1n) is 7.00. The van der Waals surface area contributed by atoms with Gasteiger partial charge in [-0.05, 0) is 6.07 Å². The van der Waals surface area contributed by atoms with Crippen molar-refractivity contribution in [3.05, 3.63) is 30.7 Å². The van der Waals surface area contributed by atoms with Gasteiger partial charge in [-0.2, -0.15) is 5.10 Å². The van der Waals surface area contributed by atoms with Gasteiger partial charge in [0, 0.05) is 32.4 Å². The van der Waals surface area contributed by atoms with Crippen LogP contribution in [-0.4, -0.2) is 61.2 Å². The van der Waals surface area contributed by atoms with Crippen molar-refractivity contribution >= 4 is 16.9 Å². The zero-order valence-corrected chi connectivity index (χ0v) is 11.5. The number of nitrogens with zero attached hydrogens (tertiary/aromatic N) is 6. The molecule has 108 valence electrons. The summed E-state index contributed by atoms with van der Waals surface area (Å²) in [6, 6.07) is 2.03. The molecule has 0 aromatic carbocycles. The summed E-state index contributed by atoms with van der Waals surface area (Å²) in [4.78, 5) is 20.7. The molecule has 0 saturated carbocycles. The van der Waals surface area contributed by atoms with Crippen LogP contribution in [0.1, 0.15) is 5.82 Å². The molecule has 4 rings (SSSR count). The molecule has 0 amide bonds. The summed E-state index contributed by atoms with van der Waals surface area (Å²) >= 11 is 0. The minimum Gasteiger partial charge on any atom is -0.353 e. The zero-order chi connectivity index (χ0) is 14.1. The maximum absolute atomic E-state index is 4.45. The van der Waals surface area contributed by atoms with E-state index in [-0.39, 0.29) is 0 Å². The van der Waals surface area contributed by atoms with Crippen LogP contribution in [0.15, 0.2) is 24.9 Å². The predicted octanol–water partition coefficient (Wildman–Crippen LogP) is 0.398. The van der Waals surface area contributed by atoms with Crippen LogP contribution in [0.4, 0.5) is 5.82 Å². The second-order valence-electron chi connectivity index (χ2n) is 5.13. The fourth-order valence-electron chi connectivity index (χ4n) is 2.75. The number of fused-ring (bicyclic) bond motifs is 1. The van der Waals surface area contributed by atoms with E-state index in [4.69, 9.17) is 0 Å². The Morgan fingerprint density at radius 1 is 1.05 bits per heavy atom. The molecular weight excluding hydrogens is 268 g/mol. The highest BCUT2D eigenvalue weighted by atomic mass is 15.3. The molecule has 1 fully saturated rings. The molecule has 3 aromatic heterocycles. The molecule has 8 heteroatoms. The number of anilines is 1. The van der Waals surface area contributed by atoms with Crippen molar-refractivity contribution in [3.8, 4) is 0 Å². The molecule has 0 atom stereocenters. The minimum atomic E-state index is 0.817. The minimum absolute atomic E-state index is 0.817. The highest BCUT2D eigenvalue weighted by Crippen LogP contribution is 2.23. The number of nitrogens with one attached hydrogen (secondary N) is 2. The third-order valence-corrected chi connectivity index (χ3v) is 3.84. The molecule has 1 aliphatic heterocycles. The Morgan fingerprint density at radius 2 is 1.95 bits per heavy atom. The van der Waals surface area contributed by atoms with Gasteiger partial charge in [0.15, 0.2) is 0 Å². The van der Waals surface area contributed by atoms with E-state index >= 15 is 0 Å². The molecule has 1 aliphatic rings. The van der Waals surface area contributed by atoms with Crippen molar-refractivity contribution < 1.29 is 0 Å². The Hall–Kier alpha value is -2.48. The predicted molar refractivity (Wildman–Crippen MR) is 77.8 cm³/mol. The van der Waals surface area contributed by atoms with Crippen LogP contribution in [0.2, 0.25) is 0 Å². The highest BCUT2D eigenvalue weighted by Gasteiger charge is 2.20. The van der Waals surface area contributed by atoms with Gasteiger partial charge in [-0.1, -0.05) is 0 Å². The Kier molecular flexibility index (Phi) is 3.00. The van der Waals surface area contributed by atoms with Crippen LogP contribution in [-0.2, 0) is 6.54 Å². The van der Waals surface area contributed by atoms with E-state index in [1.54, 1.807) is 12.7 Å². The summed E-state index contributed by atoms with van der Waals surface area (Å²) < 4.78 is 0. The lowest BCUT2D eigenvalue weighted by atomic mass is 10.2. The Balaban J connectivity index is 1.46. The Morgan fingerprint density at radius 3 is 2.76 bits per heavy atom. The Bertz CT molecular complexity index is 711. The number of aromatic amines is 2. The average Bonchev–Trinajstić information content (AvgIpc) is 3.18. The highest BCUT2D eigenvalue weighted by molar-refractivity contribution is 5.87. The van der Waals surface area contributed by atoms with Gasteiger partial charge >= 0.3 is 0 Å². The number of aromatic nitrogens is 6. The molecule has 4 heterocycles. The summed E-state index contributed by atoms with van der Waals surface area (Å²) in [5.41, 5.74) is 0.893.